The summed E-state index contributed by atoms with van der Waals surface area (Å²) in [4.78, 5) is 22.9. The van der Waals surface area contributed by atoms with Crippen LogP contribution in [-0.2, 0) is 11.3 Å². The SMILES string of the molecule is N#CC(=Cc1ccc(-c2ccccc2[N+](=O)[O-])o1)C(=O)NCc1ccccc1. The highest BCUT2D eigenvalue weighted by Crippen LogP contribution is 2.31. The molecule has 1 amide bonds. The van der Waals surface area contributed by atoms with Gasteiger partial charge in [0.15, 0.2) is 0 Å². The maximum Gasteiger partial charge on any atom is 0.280 e. The van der Waals surface area contributed by atoms with Crippen LogP contribution in [0.3, 0.4) is 0 Å². The standard InChI is InChI=1S/C21H15N3O4/c22-13-16(21(25)23-14-15-6-2-1-3-7-15)12-17-10-11-20(28-17)18-8-4-5-9-19(18)24(26)27/h1-12H,14H2,(H,23,25). The molecule has 2 aromatic carbocycles. The van der Waals surface area contributed by atoms with Crippen molar-refractivity contribution in [2.75, 3.05) is 0 Å². The van der Waals surface area contributed by atoms with E-state index in [1.807, 2.05) is 36.4 Å². The number of nitrogens with zero attached hydrogens (tertiary/aromatic N) is 2. The molecule has 0 fully saturated rings. The zero-order chi connectivity index (χ0) is 19.9. The van der Waals surface area contributed by atoms with Crippen molar-refractivity contribution in [3.63, 3.8) is 0 Å². The van der Waals surface area contributed by atoms with Gasteiger partial charge in [0.05, 0.1) is 10.5 Å². The summed E-state index contributed by atoms with van der Waals surface area (Å²) in [7, 11) is 0. The monoisotopic (exact) mass is 373 g/mol. The summed E-state index contributed by atoms with van der Waals surface area (Å²) in [5.74, 6) is -0.00455. The predicted molar refractivity (Wildman–Crippen MR) is 103 cm³/mol. The molecule has 3 aromatic rings. The van der Waals surface area contributed by atoms with Gasteiger partial charge >= 0.3 is 0 Å². The Labute approximate surface area is 160 Å². The van der Waals surface area contributed by atoms with Gasteiger partial charge in [-0.15, -0.1) is 0 Å². The van der Waals surface area contributed by atoms with E-state index in [4.69, 9.17) is 4.42 Å². The van der Waals surface area contributed by atoms with Crippen LogP contribution in [0.25, 0.3) is 17.4 Å². The van der Waals surface area contributed by atoms with Crippen LogP contribution < -0.4 is 5.32 Å². The number of nitro benzene ring substituents is 1. The van der Waals surface area contributed by atoms with Gasteiger partial charge in [-0.2, -0.15) is 5.26 Å². The van der Waals surface area contributed by atoms with Crippen LogP contribution in [0.1, 0.15) is 11.3 Å². The first-order valence-electron chi connectivity index (χ1n) is 8.36. The Balaban J connectivity index is 1.78. The number of furan rings is 1. The first-order chi connectivity index (χ1) is 13.6. The van der Waals surface area contributed by atoms with Crippen molar-refractivity contribution in [3.05, 3.63) is 93.7 Å². The zero-order valence-corrected chi connectivity index (χ0v) is 14.7. The number of carbonyl (C=O) groups is 1. The van der Waals surface area contributed by atoms with Crippen LogP contribution >= 0.6 is 0 Å². The molecule has 7 nitrogen and oxygen atoms in total. The number of amides is 1. The van der Waals surface area contributed by atoms with Gasteiger partial charge in [0.1, 0.15) is 23.2 Å². The molecule has 28 heavy (non-hydrogen) atoms. The summed E-state index contributed by atoms with van der Waals surface area (Å²) in [5, 5.41) is 23.1. The largest absolute Gasteiger partial charge is 0.456 e. The molecular formula is C21H15N3O4. The van der Waals surface area contributed by atoms with E-state index in [9.17, 15) is 20.2 Å². The van der Waals surface area contributed by atoms with Gasteiger partial charge in [-0.3, -0.25) is 14.9 Å². The van der Waals surface area contributed by atoms with Gasteiger partial charge in [-0.1, -0.05) is 42.5 Å². The lowest BCUT2D eigenvalue weighted by Gasteiger charge is -2.04. The van der Waals surface area contributed by atoms with Crippen LogP contribution in [0, 0.1) is 21.4 Å². The Morgan fingerprint density at radius 1 is 1.11 bits per heavy atom. The Bertz CT molecular complexity index is 1080. The molecule has 1 N–H and O–H groups in total. The number of carbonyl (C=O) groups excluding carboxylic acids is 1. The van der Waals surface area contributed by atoms with Gasteiger partial charge < -0.3 is 9.73 Å². The minimum absolute atomic E-state index is 0.0894. The molecule has 138 valence electrons. The fourth-order valence-electron chi connectivity index (χ4n) is 2.58. The summed E-state index contributed by atoms with van der Waals surface area (Å²) in [6, 6.07) is 20.4. The van der Waals surface area contributed by atoms with E-state index >= 15 is 0 Å². The highest BCUT2D eigenvalue weighted by atomic mass is 16.6. The van der Waals surface area contributed by atoms with E-state index in [1.165, 1.54) is 12.1 Å². The fourth-order valence-corrected chi connectivity index (χ4v) is 2.58. The quantitative estimate of drug-likeness (QED) is 0.303. The first-order valence-corrected chi connectivity index (χ1v) is 8.36. The average molecular weight is 373 g/mol. The Kier molecular flexibility index (Phi) is 5.63. The second-order valence-electron chi connectivity index (χ2n) is 5.81. The van der Waals surface area contributed by atoms with E-state index < -0.39 is 10.8 Å². The van der Waals surface area contributed by atoms with E-state index in [2.05, 4.69) is 5.32 Å². The Morgan fingerprint density at radius 3 is 2.54 bits per heavy atom. The predicted octanol–water partition coefficient (Wildman–Crippen LogP) is 4.08. The van der Waals surface area contributed by atoms with Crippen LogP contribution in [0.2, 0.25) is 0 Å². The van der Waals surface area contributed by atoms with Crippen LogP contribution in [0.5, 0.6) is 0 Å². The molecule has 1 aromatic heterocycles. The number of benzene rings is 2. The highest BCUT2D eigenvalue weighted by molar-refractivity contribution is 6.01. The molecule has 0 aliphatic heterocycles. The molecule has 0 aliphatic rings. The summed E-state index contributed by atoms with van der Waals surface area (Å²) in [5.41, 5.74) is 1.01. The summed E-state index contributed by atoms with van der Waals surface area (Å²) in [6.45, 7) is 0.290. The molecule has 0 saturated heterocycles. The Morgan fingerprint density at radius 2 is 1.82 bits per heavy atom. The second kappa shape index (κ2) is 8.47. The van der Waals surface area contributed by atoms with E-state index in [-0.39, 0.29) is 29.3 Å². The van der Waals surface area contributed by atoms with Crippen LogP contribution in [0.4, 0.5) is 5.69 Å². The van der Waals surface area contributed by atoms with Crippen molar-refractivity contribution < 1.29 is 14.1 Å². The van der Waals surface area contributed by atoms with Crippen LogP contribution in [0.15, 0.2) is 76.7 Å². The molecule has 0 aliphatic carbocycles. The fraction of sp³-hybridized carbons (Fsp3) is 0.0476. The third-order valence-electron chi connectivity index (χ3n) is 3.94. The van der Waals surface area contributed by atoms with Crippen molar-refractivity contribution in [2.45, 2.75) is 6.54 Å². The number of para-hydroxylation sites is 1. The van der Waals surface area contributed by atoms with Crippen molar-refractivity contribution in [3.8, 4) is 17.4 Å². The number of nitrogens with one attached hydrogen (secondary N) is 1. The molecule has 1 heterocycles. The summed E-state index contributed by atoms with van der Waals surface area (Å²) >= 11 is 0. The molecule has 0 spiro atoms. The molecule has 7 heteroatoms. The first kappa shape index (κ1) is 18.6. The molecule has 0 saturated carbocycles. The molecule has 0 radical (unpaired) electrons. The third kappa shape index (κ3) is 4.31. The number of hydrogen-bond donors (Lipinski definition) is 1. The van der Waals surface area contributed by atoms with Crippen molar-refractivity contribution in [1.29, 1.82) is 5.26 Å². The number of nitriles is 1. The minimum Gasteiger partial charge on any atom is -0.456 e. The Hall–Kier alpha value is -4.18. The number of rotatable bonds is 6. The summed E-state index contributed by atoms with van der Waals surface area (Å²) in [6.07, 6.45) is 1.30. The lowest BCUT2D eigenvalue weighted by molar-refractivity contribution is -0.384. The van der Waals surface area contributed by atoms with Crippen molar-refractivity contribution in [1.82, 2.24) is 5.32 Å². The van der Waals surface area contributed by atoms with Crippen molar-refractivity contribution >= 4 is 17.7 Å². The van der Waals surface area contributed by atoms with E-state index in [1.54, 1.807) is 30.3 Å². The van der Waals surface area contributed by atoms with E-state index in [0.717, 1.165) is 5.56 Å². The van der Waals surface area contributed by atoms with Crippen LogP contribution in [-0.4, -0.2) is 10.8 Å². The molecular weight excluding hydrogens is 358 g/mol. The molecule has 0 atom stereocenters. The van der Waals surface area contributed by atoms with Gasteiger partial charge in [0, 0.05) is 18.7 Å². The lowest BCUT2D eigenvalue weighted by Crippen LogP contribution is -2.23. The molecule has 3 rings (SSSR count). The van der Waals surface area contributed by atoms with Gasteiger partial charge in [-0.05, 0) is 23.8 Å². The van der Waals surface area contributed by atoms with Crippen molar-refractivity contribution in [2.24, 2.45) is 0 Å². The maximum atomic E-state index is 12.2. The van der Waals surface area contributed by atoms with Gasteiger partial charge in [-0.25, -0.2) is 0 Å². The van der Waals surface area contributed by atoms with Gasteiger partial charge in [0.25, 0.3) is 11.6 Å². The van der Waals surface area contributed by atoms with Gasteiger partial charge in [0.2, 0.25) is 0 Å². The molecule has 0 bridgehead atoms. The smallest absolute Gasteiger partial charge is 0.280 e. The zero-order valence-electron chi connectivity index (χ0n) is 14.7. The lowest BCUT2D eigenvalue weighted by atomic mass is 10.1. The minimum atomic E-state index is -0.532. The maximum absolute atomic E-state index is 12.2. The third-order valence-corrected chi connectivity index (χ3v) is 3.94. The number of nitro groups is 1. The average Bonchev–Trinajstić information content (AvgIpc) is 3.19. The number of hydrogen-bond acceptors (Lipinski definition) is 5. The highest BCUT2D eigenvalue weighted by Gasteiger charge is 2.17. The topological polar surface area (TPSA) is 109 Å². The van der Waals surface area contributed by atoms with E-state index in [0.29, 0.717) is 5.56 Å². The second-order valence-corrected chi connectivity index (χ2v) is 5.81. The normalized spacial score (nSPS) is 10.9. The molecule has 0 unspecified atom stereocenters. The summed E-state index contributed by atoms with van der Waals surface area (Å²) < 4.78 is 5.59.